The molecule has 3 aromatic carbocycles. The number of benzene rings is 3. The van der Waals surface area contributed by atoms with Crippen LogP contribution >= 0.6 is 0 Å². The van der Waals surface area contributed by atoms with E-state index in [2.05, 4.69) is 9.71 Å². The highest BCUT2D eigenvalue weighted by atomic mass is 32.2. The van der Waals surface area contributed by atoms with E-state index in [1.165, 1.54) is 26.4 Å². The molecule has 0 aliphatic rings. The Bertz CT molecular complexity index is 1430. The van der Waals surface area contributed by atoms with Gasteiger partial charge in [-0.3, -0.25) is 0 Å². The monoisotopic (exact) mass is 496 g/mol. The lowest BCUT2D eigenvalue weighted by Gasteiger charge is -2.22. The Labute approximate surface area is 204 Å². The molecule has 1 aromatic heterocycles. The number of rotatable bonds is 10. The van der Waals surface area contributed by atoms with Crippen LogP contribution in [0.5, 0.6) is 23.0 Å². The van der Waals surface area contributed by atoms with Gasteiger partial charge in [-0.05, 0) is 29.8 Å². The van der Waals surface area contributed by atoms with Crippen LogP contribution in [0.2, 0.25) is 0 Å². The number of hydrogen-bond donors (Lipinski definition) is 2. The van der Waals surface area contributed by atoms with Crippen LogP contribution in [0.25, 0.3) is 10.9 Å². The molecule has 0 aliphatic carbocycles. The Morgan fingerprint density at radius 2 is 1.54 bits per heavy atom. The summed E-state index contributed by atoms with van der Waals surface area (Å²) in [5.74, 6) is 1.53. The molecule has 35 heavy (non-hydrogen) atoms. The number of aromatic amines is 1. The first-order valence-corrected chi connectivity index (χ1v) is 12.4. The van der Waals surface area contributed by atoms with Gasteiger partial charge in [-0.2, -0.15) is 0 Å². The first kappa shape index (κ1) is 24.4. The zero-order valence-electron chi connectivity index (χ0n) is 20.0. The van der Waals surface area contributed by atoms with Crippen molar-refractivity contribution < 1.29 is 27.4 Å². The van der Waals surface area contributed by atoms with Crippen LogP contribution < -0.4 is 23.7 Å². The SMILES string of the molecule is COc1ccc(S(=O)(=O)NCC(c2cccc(OC)c2OC)c2c[nH]c3ccccc23)cc1OC. The molecule has 4 rings (SSSR count). The minimum atomic E-state index is -3.87. The predicted octanol–water partition coefficient (Wildman–Crippen LogP) is 4.31. The Kier molecular flexibility index (Phi) is 7.18. The first-order valence-electron chi connectivity index (χ1n) is 10.9. The number of para-hydroxylation sites is 2. The van der Waals surface area contributed by atoms with Gasteiger partial charge < -0.3 is 23.9 Å². The first-order chi connectivity index (χ1) is 16.9. The van der Waals surface area contributed by atoms with Gasteiger partial charge in [0, 0.05) is 41.2 Å². The third kappa shape index (κ3) is 4.78. The number of hydrogen-bond acceptors (Lipinski definition) is 6. The molecule has 184 valence electrons. The summed E-state index contributed by atoms with van der Waals surface area (Å²) in [7, 11) is 2.23. The van der Waals surface area contributed by atoms with Crippen LogP contribution in [-0.2, 0) is 10.0 Å². The van der Waals surface area contributed by atoms with Gasteiger partial charge in [0.25, 0.3) is 0 Å². The fourth-order valence-corrected chi connectivity index (χ4v) is 5.28. The van der Waals surface area contributed by atoms with E-state index in [4.69, 9.17) is 18.9 Å². The van der Waals surface area contributed by atoms with Crippen molar-refractivity contribution in [3.8, 4) is 23.0 Å². The Hall–Kier alpha value is -3.69. The van der Waals surface area contributed by atoms with Gasteiger partial charge >= 0.3 is 0 Å². The summed E-state index contributed by atoms with van der Waals surface area (Å²) >= 11 is 0. The maximum atomic E-state index is 13.3. The van der Waals surface area contributed by atoms with E-state index in [0.29, 0.717) is 23.0 Å². The Morgan fingerprint density at radius 1 is 0.800 bits per heavy atom. The molecule has 2 N–H and O–H groups in total. The Balaban J connectivity index is 1.76. The van der Waals surface area contributed by atoms with Crippen LogP contribution in [0.4, 0.5) is 0 Å². The minimum Gasteiger partial charge on any atom is -0.493 e. The number of aromatic nitrogens is 1. The molecule has 0 aliphatic heterocycles. The number of fused-ring (bicyclic) bond motifs is 1. The van der Waals surface area contributed by atoms with Crippen molar-refractivity contribution in [1.29, 1.82) is 0 Å². The smallest absolute Gasteiger partial charge is 0.240 e. The van der Waals surface area contributed by atoms with Crippen molar-refractivity contribution in [3.63, 3.8) is 0 Å². The summed E-state index contributed by atoms with van der Waals surface area (Å²) in [6.07, 6.45) is 1.90. The lowest BCUT2D eigenvalue weighted by Crippen LogP contribution is -2.29. The van der Waals surface area contributed by atoms with Crippen molar-refractivity contribution in [2.45, 2.75) is 10.8 Å². The molecule has 0 radical (unpaired) electrons. The van der Waals surface area contributed by atoms with Crippen LogP contribution in [0, 0.1) is 0 Å². The van der Waals surface area contributed by atoms with E-state index < -0.39 is 10.0 Å². The quantitative estimate of drug-likeness (QED) is 0.339. The number of H-pyrrole nitrogens is 1. The van der Waals surface area contributed by atoms with Gasteiger partial charge in [0.05, 0.1) is 33.3 Å². The van der Waals surface area contributed by atoms with E-state index in [0.717, 1.165) is 22.0 Å². The zero-order valence-corrected chi connectivity index (χ0v) is 20.8. The van der Waals surface area contributed by atoms with Crippen molar-refractivity contribution in [3.05, 3.63) is 78.0 Å². The molecular weight excluding hydrogens is 468 g/mol. The Morgan fingerprint density at radius 3 is 2.26 bits per heavy atom. The highest BCUT2D eigenvalue weighted by Crippen LogP contribution is 2.40. The van der Waals surface area contributed by atoms with Gasteiger partial charge in [-0.1, -0.05) is 30.3 Å². The minimum absolute atomic E-state index is 0.0745. The molecular formula is C26H28N2O6S. The molecule has 0 fully saturated rings. The standard InChI is InChI=1S/C26H28N2O6S/c1-31-23-13-12-17(14-25(23)33-3)35(29,30)28-16-21(19-9-7-11-24(32-2)26(19)34-4)20-15-27-22-10-6-5-8-18(20)22/h5-15,21,27-28H,16H2,1-4H3. The van der Waals surface area contributed by atoms with Gasteiger partial charge in [-0.15, -0.1) is 0 Å². The predicted molar refractivity (Wildman–Crippen MR) is 134 cm³/mol. The highest BCUT2D eigenvalue weighted by Gasteiger charge is 2.26. The molecule has 1 unspecified atom stereocenters. The molecule has 0 bridgehead atoms. The molecule has 9 heteroatoms. The number of sulfonamides is 1. The molecule has 0 saturated heterocycles. The molecule has 1 heterocycles. The van der Waals surface area contributed by atoms with Crippen LogP contribution in [0.3, 0.4) is 0 Å². The molecule has 1 atom stereocenters. The summed E-state index contributed by atoms with van der Waals surface area (Å²) in [6, 6.07) is 18.0. The van der Waals surface area contributed by atoms with Gasteiger partial charge in [0.15, 0.2) is 23.0 Å². The second-order valence-electron chi connectivity index (χ2n) is 7.79. The van der Waals surface area contributed by atoms with Gasteiger partial charge in [0.1, 0.15) is 0 Å². The molecule has 0 spiro atoms. The maximum Gasteiger partial charge on any atom is 0.240 e. The van der Waals surface area contributed by atoms with Crippen molar-refractivity contribution in [2.24, 2.45) is 0 Å². The highest BCUT2D eigenvalue weighted by molar-refractivity contribution is 7.89. The summed E-state index contributed by atoms with van der Waals surface area (Å²) in [6.45, 7) is 0.0854. The zero-order chi connectivity index (χ0) is 25.0. The van der Waals surface area contributed by atoms with Crippen molar-refractivity contribution in [1.82, 2.24) is 9.71 Å². The normalized spacial score (nSPS) is 12.3. The number of nitrogens with one attached hydrogen (secondary N) is 2. The van der Waals surface area contributed by atoms with E-state index >= 15 is 0 Å². The lowest BCUT2D eigenvalue weighted by molar-refractivity contribution is 0.350. The van der Waals surface area contributed by atoms with Crippen molar-refractivity contribution in [2.75, 3.05) is 35.0 Å². The van der Waals surface area contributed by atoms with Crippen LogP contribution in [0.15, 0.2) is 71.8 Å². The summed E-state index contributed by atoms with van der Waals surface area (Å²) in [5, 5.41) is 0.993. The van der Waals surface area contributed by atoms with Crippen LogP contribution in [0.1, 0.15) is 17.0 Å². The fraction of sp³-hybridized carbons (Fsp3) is 0.231. The third-order valence-electron chi connectivity index (χ3n) is 5.95. The second-order valence-corrected chi connectivity index (χ2v) is 9.56. The van der Waals surface area contributed by atoms with E-state index in [-0.39, 0.29) is 17.4 Å². The van der Waals surface area contributed by atoms with E-state index in [1.54, 1.807) is 20.3 Å². The lowest BCUT2D eigenvalue weighted by atomic mass is 9.90. The average molecular weight is 497 g/mol. The van der Waals surface area contributed by atoms with Gasteiger partial charge in [0.2, 0.25) is 10.0 Å². The molecule has 0 saturated carbocycles. The van der Waals surface area contributed by atoms with E-state index in [9.17, 15) is 8.42 Å². The van der Waals surface area contributed by atoms with Crippen LogP contribution in [-0.4, -0.2) is 48.4 Å². The molecule has 0 amide bonds. The average Bonchev–Trinajstić information content (AvgIpc) is 3.32. The third-order valence-corrected chi connectivity index (χ3v) is 7.37. The number of ether oxygens (including phenoxy) is 4. The summed E-state index contributed by atoms with van der Waals surface area (Å²) in [5.41, 5.74) is 2.69. The van der Waals surface area contributed by atoms with Gasteiger partial charge in [-0.25, -0.2) is 13.1 Å². The molecule has 8 nitrogen and oxygen atoms in total. The summed E-state index contributed by atoms with van der Waals surface area (Å²) < 4.78 is 51.0. The van der Waals surface area contributed by atoms with Crippen molar-refractivity contribution >= 4 is 20.9 Å². The number of methoxy groups -OCH3 is 4. The molecule has 4 aromatic rings. The summed E-state index contributed by atoms with van der Waals surface area (Å²) in [4.78, 5) is 3.36. The largest absolute Gasteiger partial charge is 0.493 e. The fourth-order valence-electron chi connectivity index (χ4n) is 4.22. The second kappa shape index (κ2) is 10.3. The van der Waals surface area contributed by atoms with E-state index in [1.807, 2.05) is 48.7 Å². The topological polar surface area (TPSA) is 98.9 Å². The maximum absolute atomic E-state index is 13.3.